The summed E-state index contributed by atoms with van der Waals surface area (Å²) in [7, 11) is 0. The fourth-order valence-corrected chi connectivity index (χ4v) is 2.31. The molecule has 0 spiro atoms. The van der Waals surface area contributed by atoms with Crippen LogP contribution in [0.1, 0.15) is 30.6 Å². The van der Waals surface area contributed by atoms with Crippen molar-refractivity contribution in [2.24, 2.45) is 0 Å². The molecule has 1 aliphatic rings. The Morgan fingerprint density at radius 3 is 2.74 bits per heavy atom. The van der Waals surface area contributed by atoms with Crippen LogP contribution in [0, 0.1) is 5.82 Å². The lowest BCUT2D eigenvalue weighted by molar-refractivity contribution is -0.0488. The van der Waals surface area contributed by atoms with Crippen LogP contribution < -0.4 is 0 Å². The standard InChI is InChI=1S/C15H20FNO2/c1-11-10-19-12(2)9-17(11)8-7-15(18)13-3-5-14(16)6-4-13/h3-6,11-12H,7-10H2,1-2H3. The summed E-state index contributed by atoms with van der Waals surface area (Å²) in [5.41, 5.74) is 0.579. The Labute approximate surface area is 113 Å². The van der Waals surface area contributed by atoms with E-state index in [0.29, 0.717) is 24.6 Å². The van der Waals surface area contributed by atoms with Gasteiger partial charge in [0.1, 0.15) is 5.82 Å². The minimum Gasteiger partial charge on any atom is -0.376 e. The number of halogens is 1. The number of ether oxygens (including phenoxy) is 1. The van der Waals surface area contributed by atoms with Gasteiger partial charge in [-0.15, -0.1) is 0 Å². The molecule has 3 nitrogen and oxygen atoms in total. The highest BCUT2D eigenvalue weighted by Crippen LogP contribution is 2.13. The van der Waals surface area contributed by atoms with E-state index < -0.39 is 0 Å². The molecule has 2 rings (SSSR count). The van der Waals surface area contributed by atoms with E-state index >= 15 is 0 Å². The van der Waals surface area contributed by atoms with Crippen LogP contribution in [0.3, 0.4) is 0 Å². The van der Waals surface area contributed by atoms with Crippen molar-refractivity contribution in [2.75, 3.05) is 19.7 Å². The Morgan fingerprint density at radius 2 is 2.05 bits per heavy atom. The number of nitrogens with zero attached hydrogens (tertiary/aromatic N) is 1. The molecule has 1 aromatic carbocycles. The maximum atomic E-state index is 12.8. The van der Waals surface area contributed by atoms with Gasteiger partial charge in [0, 0.05) is 31.1 Å². The minimum atomic E-state index is -0.313. The largest absolute Gasteiger partial charge is 0.376 e. The summed E-state index contributed by atoms with van der Waals surface area (Å²) in [5, 5.41) is 0. The third kappa shape index (κ3) is 3.85. The first-order chi connectivity index (χ1) is 9.06. The fourth-order valence-electron chi connectivity index (χ4n) is 2.31. The molecule has 1 aliphatic heterocycles. The van der Waals surface area contributed by atoms with Gasteiger partial charge in [0.05, 0.1) is 12.7 Å². The number of carbonyl (C=O) groups is 1. The van der Waals surface area contributed by atoms with Gasteiger partial charge in [0.15, 0.2) is 5.78 Å². The van der Waals surface area contributed by atoms with Crippen molar-refractivity contribution in [3.8, 4) is 0 Å². The first-order valence-corrected chi connectivity index (χ1v) is 6.70. The van der Waals surface area contributed by atoms with Crippen molar-refractivity contribution in [2.45, 2.75) is 32.4 Å². The second kappa shape index (κ2) is 6.26. The van der Waals surface area contributed by atoms with Gasteiger partial charge >= 0.3 is 0 Å². The summed E-state index contributed by atoms with van der Waals surface area (Å²) in [6, 6.07) is 6.09. The Kier molecular flexibility index (Phi) is 4.66. The van der Waals surface area contributed by atoms with Crippen molar-refractivity contribution in [3.63, 3.8) is 0 Å². The zero-order chi connectivity index (χ0) is 13.8. The second-order valence-corrected chi connectivity index (χ2v) is 5.17. The molecule has 0 amide bonds. The monoisotopic (exact) mass is 265 g/mol. The number of ketones is 1. The van der Waals surface area contributed by atoms with Crippen molar-refractivity contribution >= 4 is 5.78 Å². The topological polar surface area (TPSA) is 29.5 Å². The molecule has 0 aliphatic carbocycles. The smallest absolute Gasteiger partial charge is 0.164 e. The number of carbonyl (C=O) groups excluding carboxylic acids is 1. The van der Waals surface area contributed by atoms with Gasteiger partial charge in [-0.25, -0.2) is 4.39 Å². The molecule has 19 heavy (non-hydrogen) atoms. The molecule has 1 heterocycles. The van der Waals surface area contributed by atoms with Gasteiger partial charge in [0.25, 0.3) is 0 Å². The van der Waals surface area contributed by atoms with Crippen molar-refractivity contribution in [1.29, 1.82) is 0 Å². The Bertz CT molecular complexity index is 432. The molecule has 2 unspecified atom stereocenters. The number of Topliss-reactive ketones (excluding diaryl/α,β-unsaturated/α-hetero) is 1. The van der Waals surface area contributed by atoms with Crippen LogP contribution in [-0.2, 0) is 4.74 Å². The zero-order valence-electron chi connectivity index (χ0n) is 11.4. The highest BCUT2D eigenvalue weighted by atomic mass is 19.1. The van der Waals surface area contributed by atoms with E-state index in [4.69, 9.17) is 4.74 Å². The third-order valence-corrected chi connectivity index (χ3v) is 3.53. The normalized spacial score (nSPS) is 24.4. The summed E-state index contributed by atoms with van der Waals surface area (Å²) < 4.78 is 18.3. The van der Waals surface area contributed by atoms with Crippen molar-refractivity contribution in [1.82, 2.24) is 4.90 Å². The number of benzene rings is 1. The van der Waals surface area contributed by atoms with Gasteiger partial charge in [-0.05, 0) is 38.1 Å². The van der Waals surface area contributed by atoms with Crippen LogP contribution in [0.4, 0.5) is 4.39 Å². The molecule has 2 atom stereocenters. The molecule has 0 aromatic heterocycles. The molecule has 0 saturated carbocycles. The van der Waals surface area contributed by atoms with E-state index in [-0.39, 0.29) is 17.7 Å². The molecule has 0 N–H and O–H groups in total. The maximum Gasteiger partial charge on any atom is 0.164 e. The van der Waals surface area contributed by atoms with Crippen LogP contribution in [0.15, 0.2) is 24.3 Å². The van der Waals surface area contributed by atoms with Crippen LogP contribution in [0.25, 0.3) is 0 Å². The molecule has 4 heteroatoms. The predicted octanol–water partition coefficient (Wildman–Crippen LogP) is 2.51. The van der Waals surface area contributed by atoms with Crippen molar-refractivity contribution < 1.29 is 13.9 Å². The molecule has 1 fully saturated rings. The van der Waals surface area contributed by atoms with E-state index in [0.717, 1.165) is 13.1 Å². The van der Waals surface area contributed by atoms with Crippen LogP contribution in [0.2, 0.25) is 0 Å². The average Bonchev–Trinajstić information content (AvgIpc) is 2.40. The van der Waals surface area contributed by atoms with Crippen LogP contribution in [0.5, 0.6) is 0 Å². The lowest BCUT2D eigenvalue weighted by Crippen LogP contribution is -2.47. The molecule has 104 valence electrons. The first-order valence-electron chi connectivity index (χ1n) is 6.70. The summed E-state index contributed by atoms with van der Waals surface area (Å²) in [6.45, 7) is 6.45. The minimum absolute atomic E-state index is 0.0614. The first kappa shape index (κ1) is 14.2. The Hall–Kier alpha value is -1.26. The Morgan fingerprint density at radius 1 is 1.37 bits per heavy atom. The predicted molar refractivity (Wildman–Crippen MR) is 71.8 cm³/mol. The van der Waals surface area contributed by atoms with Gasteiger partial charge in [-0.2, -0.15) is 0 Å². The molecule has 0 radical (unpaired) electrons. The quantitative estimate of drug-likeness (QED) is 0.783. The Balaban J connectivity index is 1.87. The van der Waals surface area contributed by atoms with E-state index in [1.807, 2.05) is 6.92 Å². The van der Waals surface area contributed by atoms with Gasteiger partial charge in [-0.3, -0.25) is 9.69 Å². The molecular weight excluding hydrogens is 245 g/mol. The number of hydrogen-bond acceptors (Lipinski definition) is 3. The summed E-state index contributed by atoms with van der Waals surface area (Å²) in [4.78, 5) is 14.3. The van der Waals surface area contributed by atoms with Gasteiger partial charge in [-0.1, -0.05) is 0 Å². The summed E-state index contributed by atoms with van der Waals surface area (Å²) in [6.07, 6.45) is 0.681. The fraction of sp³-hybridized carbons (Fsp3) is 0.533. The van der Waals surface area contributed by atoms with Crippen LogP contribution in [-0.4, -0.2) is 42.5 Å². The van der Waals surface area contributed by atoms with Gasteiger partial charge < -0.3 is 4.74 Å². The van der Waals surface area contributed by atoms with E-state index in [9.17, 15) is 9.18 Å². The maximum absolute atomic E-state index is 12.8. The molecular formula is C15H20FNO2. The highest BCUT2D eigenvalue weighted by Gasteiger charge is 2.23. The lowest BCUT2D eigenvalue weighted by atomic mass is 10.1. The average molecular weight is 265 g/mol. The van der Waals surface area contributed by atoms with Crippen LogP contribution >= 0.6 is 0 Å². The second-order valence-electron chi connectivity index (χ2n) is 5.17. The van der Waals surface area contributed by atoms with E-state index in [1.165, 1.54) is 12.1 Å². The third-order valence-electron chi connectivity index (χ3n) is 3.53. The lowest BCUT2D eigenvalue weighted by Gasteiger charge is -2.36. The highest BCUT2D eigenvalue weighted by molar-refractivity contribution is 5.96. The molecule has 1 saturated heterocycles. The number of morpholine rings is 1. The summed E-state index contributed by atoms with van der Waals surface area (Å²) in [5.74, 6) is -0.251. The van der Waals surface area contributed by atoms with E-state index in [1.54, 1.807) is 12.1 Å². The molecule has 1 aromatic rings. The number of hydrogen-bond donors (Lipinski definition) is 0. The van der Waals surface area contributed by atoms with E-state index in [2.05, 4.69) is 11.8 Å². The SMILES string of the molecule is CC1CN(CCC(=O)c2ccc(F)cc2)C(C)CO1. The van der Waals surface area contributed by atoms with Gasteiger partial charge in [0.2, 0.25) is 0 Å². The summed E-state index contributed by atoms with van der Waals surface area (Å²) >= 11 is 0. The number of rotatable bonds is 4. The van der Waals surface area contributed by atoms with Crippen molar-refractivity contribution in [3.05, 3.63) is 35.6 Å². The molecule has 0 bridgehead atoms. The zero-order valence-corrected chi connectivity index (χ0v) is 11.4.